The van der Waals surface area contributed by atoms with Gasteiger partial charge >= 0.3 is 0 Å². The Kier molecular flexibility index (Phi) is 6.81. The number of para-hydroxylation sites is 3. The third-order valence-corrected chi connectivity index (χ3v) is 13.1. The summed E-state index contributed by atoms with van der Waals surface area (Å²) in [6.45, 7) is 0. The molecule has 0 bridgehead atoms. The largest absolute Gasteiger partial charge is 0.454 e. The summed E-state index contributed by atoms with van der Waals surface area (Å²) in [5.41, 5.74) is 14.9. The van der Waals surface area contributed by atoms with Crippen LogP contribution in [0.1, 0.15) is 22.3 Å². The maximum absolute atomic E-state index is 6.59. The van der Waals surface area contributed by atoms with E-state index in [1.807, 2.05) is 23.9 Å². The first kappa shape index (κ1) is 31.5. The Labute approximate surface area is 329 Å². The van der Waals surface area contributed by atoms with Crippen molar-refractivity contribution in [2.45, 2.75) is 15.2 Å². The highest BCUT2D eigenvalue weighted by molar-refractivity contribution is 7.99. The first-order valence-corrected chi connectivity index (χ1v) is 20.0. The van der Waals surface area contributed by atoms with Crippen molar-refractivity contribution in [2.75, 3.05) is 4.90 Å². The van der Waals surface area contributed by atoms with E-state index in [1.54, 1.807) is 0 Å². The lowest BCUT2D eigenvalue weighted by molar-refractivity contribution is 0.669. The van der Waals surface area contributed by atoms with Gasteiger partial charge in [-0.1, -0.05) is 169 Å². The van der Waals surface area contributed by atoms with Crippen LogP contribution in [0.2, 0.25) is 0 Å². The van der Waals surface area contributed by atoms with Crippen LogP contribution in [-0.4, -0.2) is 0 Å². The third kappa shape index (κ3) is 4.35. The molecule has 10 aromatic rings. The number of fused-ring (bicyclic) bond motifs is 14. The van der Waals surface area contributed by atoms with Gasteiger partial charge in [0.1, 0.15) is 5.58 Å². The van der Waals surface area contributed by atoms with Crippen LogP contribution in [0.4, 0.5) is 17.1 Å². The molecule has 0 atom stereocenters. The lowest BCUT2D eigenvalue weighted by Crippen LogP contribution is -2.32. The second-order valence-corrected chi connectivity index (χ2v) is 15.8. The topological polar surface area (TPSA) is 16.4 Å². The van der Waals surface area contributed by atoms with E-state index in [4.69, 9.17) is 4.42 Å². The predicted molar refractivity (Wildman–Crippen MR) is 233 cm³/mol. The van der Waals surface area contributed by atoms with E-state index in [0.717, 1.165) is 39.0 Å². The quantitative estimate of drug-likeness (QED) is 0.179. The molecule has 9 aromatic carbocycles. The zero-order valence-electron chi connectivity index (χ0n) is 30.3. The van der Waals surface area contributed by atoms with Crippen LogP contribution < -0.4 is 4.90 Å². The number of rotatable bonds is 4. The fourth-order valence-electron chi connectivity index (χ4n) is 9.63. The van der Waals surface area contributed by atoms with Crippen molar-refractivity contribution in [1.82, 2.24) is 0 Å². The van der Waals surface area contributed by atoms with Gasteiger partial charge in [0.2, 0.25) is 0 Å². The fourth-order valence-corrected chi connectivity index (χ4v) is 11.0. The van der Waals surface area contributed by atoms with Crippen molar-refractivity contribution < 1.29 is 4.42 Å². The molecule has 0 amide bonds. The molecule has 1 spiro atoms. The standard InChI is InChI=1S/C53H33NOS/c1-2-15-36(16-3-1)54(47-25-12-22-43-42-20-8-11-26-48(42)55-51(43)47)37-31-28-35(29-32-37)38-21-13-27-49-50(38)53(46-33-30-34-14-4-5-17-39(34)52(46)56-49)44-23-9-6-18-40(44)41-19-7-10-24-45(41)53/h1-33H. The Morgan fingerprint density at radius 3 is 1.86 bits per heavy atom. The number of hydrogen-bond acceptors (Lipinski definition) is 3. The Balaban J connectivity index is 1.08. The molecule has 0 saturated heterocycles. The summed E-state index contributed by atoms with van der Waals surface area (Å²) < 4.78 is 6.59. The number of furan rings is 1. The minimum atomic E-state index is -0.491. The Morgan fingerprint density at radius 2 is 1.05 bits per heavy atom. The van der Waals surface area contributed by atoms with Crippen LogP contribution in [0.25, 0.3) is 55.0 Å². The van der Waals surface area contributed by atoms with Crippen LogP contribution in [-0.2, 0) is 5.41 Å². The monoisotopic (exact) mass is 731 g/mol. The second-order valence-electron chi connectivity index (χ2n) is 14.8. The van der Waals surface area contributed by atoms with Crippen LogP contribution in [0, 0.1) is 0 Å². The van der Waals surface area contributed by atoms with E-state index in [9.17, 15) is 0 Å². The molecule has 12 rings (SSSR count). The van der Waals surface area contributed by atoms with Crippen LogP contribution in [0.3, 0.4) is 0 Å². The number of benzene rings is 9. The number of anilines is 3. The van der Waals surface area contributed by atoms with Gasteiger partial charge in [-0.3, -0.25) is 0 Å². The molecule has 2 heterocycles. The Morgan fingerprint density at radius 1 is 0.429 bits per heavy atom. The van der Waals surface area contributed by atoms with Gasteiger partial charge < -0.3 is 9.32 Å². The molecule has 3 heteroatoms. The fraction of sp³-hybridized carbons (Fsp3) is 0.0189. The van der Waals surface area contributed by atoms with Gasteiger partial charge in [0.05, 0.1) is 11.1 Å². The maximum atomic E-state index is 6.59. The summed E-state index contributed by atoms with van der Waals surface area (Å²) in [5, 5.41) is 4.81. The van der Waals surface area contributed by atoms with E-state index in [1.165, 1.54) is 65.1 Å². The molecule has 1 aliphatic carbocycles. The molecule has 1 aromatic heterocycles. The van der Waals surface area contributed by atoms with Crippen molar-refractivity contribution in [1.29, 1.82) is 0 Å². The first-order chi connectivity index (χ1) is 27.8. The van der Waals surface area contributed by atoms with E-state index >= 15 is 0 Å². The number of nitrogens with zero attached hydrogens (tertiary/aromatic N) is 1. The molecule has 0 radical (unpaired) electrons. The van der Waals surface area contributed by atoms with Gasteiger partial charge in [0.25, 0.3) is 0 Å². The minimum absolute atomic E-state index is 0.491. The lowest BCUT2D eigenvalue weighted by Gasteiger charge is -2.41. The minimum Gasteiger partial charge on any atom is -0.454 e. The van der Waals surface area contributed by atoms with Gasteiger partial charge in [0, 0.05) is 31.9 Å². The summed E-state index contributed by atoms with van der Waals surface area (Å²) >= 11 is 1.92. The average molecular weight is 732 g/mol. The van der Waals surface area contributed by atoms with Gasteiger partial charge in [-0.15, -0.1) is 0 Å². The smallest absolute Gasteiger partial charge is 0.159 e. The summed E-state index contributed by atoms with van der Waals surface area (Å²) in [6, 6.07) is 73.1. The lowest BCUT2D eigenvalue weighted by atomic mass is 9.65. The molecule has 56 heavy (non-hydrogen) atoms. The summed E-state index contributed by atoms with van der Waals surface area (Å²) in [6.07, 6.45) is 0. The van der Waals surface area contributed by atoms with E-state index < -0.39 is 5.41 Å². The van der Waals surface area contributed by atoms with Gasteiger partial charge in [-0.2, -0.15) is 0 Å². The summed E-state index contributed by atoms with van der Waals surface area (Å²) in [4.78, 5) is 4.95. The Hall–Kier alpha value is -6.81. The molecule has 262 valence electrons. The normalized spacial score (nSPS) is 13.4. The molecule has 2 aliphatic rings. The summed E-state index contributed by atoms with van der Waals surface area (Å²) in [7, 11) is 0. The van der Waals surface area contributed by atoms with Gasteiger partial charge in [-0.05, 0) is 97.7 Å². The zero-order chi connectivity index (χ0) is 36.8. The third-order valence-electron chi connectivity index (χ3n) is 11.9. The highest BCUT2D eigenvalue weighted by Crippen LogP contribution is 2.64. The zero-order valence-corrected chi connectivity index (χ0v) is 31.1. The highest BCUT2D eigenvalue weighted by Gasteiger charge is 2.51. The van der Waals surface area contributed by atoms with Crippen LogP contribution >= 0.6 is 11.8 Å². The van der Waals surface area contributed by atoms with Crippen molar-refractivity contribution >= 4 is 61.5 Å². The molecule has 0 unspecified atom stereocenters. The van der Waals surface area contributed by atoms with Crippen molar-refractivity contribution in [3.05, 3.63) is 222 Å². The Bertz CT molecular complexity index is 3130. The molecule has 1 aliphatic heterocycles. The van der Waals surface area contributed by atoms with Crippen molar-refractivity contribution in [3.63, 3.8) is 0 Å². The van der Waals surface area contributed by atoms with Crippen LogP contribution in [0.5, 0.6) is 0 Å². The van der Waals surface area contributed by atoms with Crippen molar-refractivity contribution in [3.8, 4) is 22.3 Å². The highest BCUT2D eigenvalue weighted by atomic mass is 32.2. The van der Waals surface area contributed by atoms with E-state index in [0.29, 0.717) is 0 Å². The van der Waals surface area contributed by atoms with Gasteiger partial charge in [0.15, 0.2) is 5.58 Å². The van der Waals surface area contributed by atoms with E-state index in [2.05, 4.69) is 193 Å². The van der Waals surface area contributed by atoms with Crippen molar-refractivity contribution in [2.24, 2.45) is 0 Å². The predicted octanol–water partition coefficient (Wildman–Crippen LogP) is 14.7. The first-order valence-electron chi connectivity index (χ1n) is 19.2. The number of hydrogen-bond donors (Lipinski definition) is 0. The maximum Gasteiger partial charge on any atom is 0.159 e. The average Bonchev–Trinajstić information content (AvgIpc) is 3.79. The van der Waals surface area contributed by atoms with E-state index in [-0.39, 0.29) is 0 Å². The van der Waals surface area contributed by atoms with Crippen LogP contribution in [0.15, 0.2) is 214 Å². The molecule has 2 nitrogen and oxygen atoms in total. The second kappa shape index (κ2) is 12.1. The summed E-state index contributed by atoms with van der Waals surface area (Å²) in [5.74, 6) is 0. The molecule has 0 saturated carbocycles. The SMILES string of the molecule is c1ccc(N(c2ccc(-c3cccc4c3C3(c5ccccc5-c5ccccc53)c3ccc5ccccc5c3S4)cc2)c2cccc3c2oc2ccccc23)cc1. The molecular weight excluding hydrogens is 699 g/mol. The molecule has 0 N–H and O–H groups in total. The van der Waals surface area contributed by atoms with Gasteiger partial charge in [-0.25, -0.2) is 0 Å². The molecular formula is C53H33NOS. The molecule has 0 fully saturated rings.